The number of aryl methyl sites for hydroxylation is 1. The zero-order valence-electron chi connectivity index (χ0n) is 20.2. The molecular weight excluding hydrogens is 470 g/mol. The fraction of sp³-hybridized carbons (Fsp3) is 0.560. The number of aliphatic hydroxyl groups excluding tert-OH is 1. The Balaban J connectivity index is 1.49. The number of thiophene rings is 1. The lowest BCUT2D eigenvalue weighted by Crippen LogP contribution is -2.43. The predicted octanol–water partition coefficient (Wildman–Crippen LogP) is 3.78. The normalized spacial score (nSPS) is 15.7. The van der Waals surface area contributed by atoms with E-state index >= 15 is 0 Å². The number of nitrogens with one attached hydrogen (secondary N) is 1. The number of aliphatic hydroxyl groups is 1. The molecule has 0 aliphatic heterocycles. The summed E-state index contributed by atoms with van der Waals surface area (Å²) >= 11 is 1.18. The number of carbonyl (C=O) groups excluding carboxylic acids is 1. The van der Waals surface area contributed by atoms with Crippen LogP contribution in [0, 0.1) is 6.92 Å². The summed E-state index contributed by atoms with van der Waals surface area (Å²) in [4.78, 5) is 35.9. The number of carbonyl (C=O) groups is 1. The lowest BCUT2D eigenvalue weighted by molar-refractivity contribution is -0.00766. The van der Waals surface area contributed by atoms with Gasteiger partial charge >= 0.3 is 5.97 Å². The number of furan rings is 1. The lowest BCUT2D eigenvalue weighted by atomic mass is 9.94. The third-order valence-corrected chi connectivity index (χ3v) is 7.50. The number of hydrogen-bond donors (Lipinski definition) is 2. The Morgan fingerprint density at radius 1 is 1.37 bits per heavy atom. The topological polar surface area (TPSA) is 118 Å². The van der Waals surface area contributed by atoms with Crippen molar-refractivity contribution in [2.45, 2.75) is 71.2 Å². The Labute approximate surface area is 208 Å². The highest BCUT2D eigenvalue weighted by Crippen LogP contribution is 2.28. The second kappa shape index (κ2) is 11.9. The van der Waals surface area contributed by atoms with Crippen LogP contribution in [0.3, 0.4) is 0 Å². The summed E-state index contributed by atoms with van der Waals surface area (Å²) in [6.07, 6.45) is 6.47. The second-order valence-electron chi connectivity index (χ2n) is 8.94. The first kappa shape index (κ1) is 25.6. The number of nitrogens with zero attached hydrogens (tertiary/aromatic N) is 2. The van der Waals surface area contributed by atoms with E-state index in [-0.39, 0.29) is 18.8 Å². The van der Waals surface area contributed by atoms with Crippen LogP contribution in [0.5, 0.6) is 0 Å². The van der Waals surface area contributed by atoms with Crippen molar-refractivity contribution in [2.24, 2.45) is 0 Å². The van der Waals surface area contributed by atoms with Gasteiger partial charge in [0, 0.05) is 12.6 Å². The molecule has 3 aromatic rings. The molecule has 1 atom stereocenters. The van der Waals surface area contributed by atoms with Gasteiger partial charge in [0.2, 0.25) is 0 Å². The molecule has 1 saturated carbocycles. The number of ether oxygens (including phenoxy) is 2. The average molecular weight is 504 g/mol. The smallest absolute Gasteiger partial charge is 0.348 e. The van der Waals surface area contributed by atoms with Crippen molar-refractivity contribution < 1.29 is 23.8 Å². The quantitative estimate of drug-likeness (QED) is 0.380. The molecule has 0 spiro atoms. The van der Waals surface area contributed by atoms with Crippen molar-refractivity contribution in [2.75, 3.05) is 19.8 Å². The van der Waals surface area contributed by atoms with Gasteiger partial charge < -0.3 is 24.0 Å². The van der Waals surface area contributed by atoms with Gasteiger partial charge in [0.05, 0.1) is 37.5 Å². The Morgan fingerprint density at radius 3 is 2.89 bits per heavy atom. The maximum absolute atomic E-state index is 12.9. The zero-order valence-corrected chi connectivity index (χ0v) is 21.1. The van der Waals surface area contributed by atoms with Gasteiger partial charge in [-0.05, 0) is 44.4 Å². The van der Waals surface area contributed by atoms with Gasteiger partial charge in [0.1, 0.15) is 27.9 Å². The van der Waals surface area contributed by atoms with Gasteiger partial charge in [-0.25, -0.2) is 9.78 Å². The van der Waals surface area contributed by atoms with Crippen LogP contribution in [0.2, 0.25) is 0 Å². The maximum Gasteiger partial charge on any atom is 0.348 e. The zero-order chi connectivity index (χ0) is 24.8. The number of aromatic amines is 1. The van der Waals surface area contributed by atoms with E-state index in [1.807, 2.05) is 6.07 Å². The molecule has 0 unspecified atom stereocenters. The van der Waals surface area contributed by atoms with Crippen molar-refractivity contribution in [3.8, 4) is 0 Å². The van der Waals surface area contributed by atoms with Crippen LogP contribution in [0.15, 0.2) is 27.6 Å². The summed E-state index contributed by atoms with van der Waals surface area (Å²) in [5.41, 5.74) is 0.331. The molecule has 0 saturated heterocycles. The van der Waals surface area contributed by atoms with Crippen LogP contribution in [0.4, 0.5) is 0 Å². The van der Waals surface area contributed by atoms with Crippen LogP contribution in [-0.4, -0.2) is 57.8 Å². The summed E-state index contributed by atoms with van der Waals surface area (Å²) in [7, 11) is 0. The van der Waals surface area contributed by atoms with E-state index in [2.05, 4.69) is 14.9 Å². The summed E-state index contributed by atoms with van der Waals surface area (Å²) < 4.78 is 16.0. The third kappa shape index (κ3) is 6.38. The number of H-pyrrole nitrogens is 1. The van der Waals surface area contributed by atoms with E-state index in [1.165, 1.54) is 17.8 Å². The third-order valence-electron chi connectivity index (χ3n) is 6.33. The van der Waals surface area contributed by atoms with Crippen LogP contribution >= 0.6 is 11.3 Å². The SMILES string of the molecule is CCOC(=O)c1sc2nc(CN(C[C@H](O)COCc3ccco3)C3CCCCC3)[nH]c(=O)c2c1C. The van der Waals surface area contributed by atoms with Gasteiger partial charge in [-0.15, -0.1) is 11.3 Å². The second-order valence-corrected chi connectivity index (χ2v) is 9.94. The number of aromatic nitrogens is 2. The first-order valence-corrected chi connectivity index (χ1v) is 13.0. The van der Waals surface area contributed by atoms with Crippen molar-refractivity contribution >= 4 is 27.5 Å². The van der Waals surface area contributed by atoms with Gasteiger partial charge in [-0.2, -0.15) is 0 Å². The molecule has 3 aromatic heterocycles. The van der Waals surface area contributed by atoms with E-state index in [0.717, 1.165) is 25.7 Å². The number of hydrogen-bond acceptors (Lipinski definition) is 9. The highest BCUT2D eigenvalue weighted by atomic mass is 32.1. The van der Waals surface area contributed by atoms with Crippen molar-refractivity contribution in [1.82, 2.24) is 14.9 Å². The first-order chi connectivity index (χ1) is 17.0. The molecule has 9 nitrogen and oxygen atoms in total. The Bertz CT molecular complexity index is 1170. The average Bonchev–Trinajstić information content (AvgIpc) is 3.47. The van der Waals surface area contributed by atoms with Gasteiger partial charge in [-0.3, -0.25) is 9.69 Å². The number of esters is 1. The molecule has 2 N–H and O–H groups in total. The van der Waals surface area contributed by atoms with Crippen molar-refractivity contribution in [1.29, 1.82) is 0 Å². The van der Waals surface area contributed by atoms with Gasteiger partial charge in [0.25, 0.3) is 5.56 Å². The van der Waals surface area contributed by atoms with Crippen LogP contribution in [0.25, 0.3) is 10.2 Å². The maximum atomic E-state index is 12.9. The minimum absolute atomic E-state index is 0.180. The van der Waals surface area contributed by atoms with E-state index in [0.29, 0.717) is 58.0 Å². The van der Waals surface area contributed by atoms with Gasteiger partial charge in [0.15, 0.2) is 0 Å². The molecule has 0 radical (unpaired) electrons. The fourth-order valence-corrected chi connectivity index (χ4v) is 5.74. The van der Waals surface area contributed by atoms with Crippen molar-refractivity contribution in [3.63, 3.8) is 0 Å². The molecule has 3 heterocycles. The molecule has 0 bridgehead atoms. The number of fused-ring (bicyclic) bond motifs is 1. The van der Waals surface area contributed by atoms with Crippen molar-refractivity contribution in [3.05, 3.63) is 50.8 Å². The highest BCUT2D eigenvalue weighted by Gasteiger charge is 2.26. The van der Waals surface area contributed by atoms with E-state index in [1.54, 1.807) is 26.2 Å². The monoisotopic (exact) mass is 503 g/mol. The first-order valence-electron chi connectivity index (χ1n) is 12.2. The van der Waals surface area contributed by atoms with Crippen LogP contribution in [-0.2, 0) is 22.6 Å². The van der Waals surface area contributed by atoms with Crippen LogP contribution < -0.4 is 5.56 Å². The largest absolute Gasteiger partial charge is 0.467 e. The molecule has 0 amide bonds. The number of rotatable bonds is 11. The Kier molecular flexibility index (Phi) is 8.72. The predicted molar refractivity (Wildman–Crippen MR) is 133 cm³/mol. The summed E-state index contributed by atoms with van der Waals surface area (Å²) in [6, 6.07) is 3.93. The molecule has 35 heavy (non-hydrogen) atoms. The summed E-state index contributed by atoms with van der Waals surface area (Å²) in [6.45, 7) is 5.05. The minimum atomic E-state index is -0.693. The van der Waals surface area contributed by atoms with Crippen LogP contribution in [0.1, 0.15) is 65.8 Å². The fourth-order valence-electron chi connectivity index (χ4n) is 4.65. The molecule has 190 valence electrons. The van der Waals surface area contributed by atoms with E-state index in [4.69, 9.17) is 13.9 Å². The molecule has 1 aliphatic rings. The Morgan fingerprint density at radius 2 is 2.17 bits per heavy atom. The van der Waals surface area contributed by atoms with E-state index in [9.17, 15) is 14.7 Å². The summed E-state index contributed by atoms with van der Waals surface area (Å²) in [5.74, 6) is 0.800. The highest BCUT2D eigenvalue weighted by molar-refractivity contribution is 7.20. The molecular formula is C25H33N3O6S. The molecule has 1 fully saturated rings. The van der Waals surface area contributed by atoms with E-state index < -0.39 is 12.1 Å². The Hall–Kier alpha value is -2.53. The standard InChI is InChI=1S/C25H33N3O6S/c1-3-33-25(31)22-16(2)21-23(30)26-20(27-24(21)35-22)13-28(17-8-5-4-6-9-17)12-18(29)14-32-15-19-10-7-11-34-19/h7,10-11,17-18,29H,3-6,8-9,12-15H2,1-2H3,(H,26,27,30)/t18-/m0/s1. The molecule has 1 aliphatic carbocycles. The minimum Gasteiger partial charge on any atom is -0.467 e. The lowest BCUT2D eigenvalue weighted by Gasteiger charge is -2.35. The summed E-state index contributed by atoms with van der Waals surface area (Å²) in [5, 5.41) is 11.1. The molecule has 10 heteroatoms. The molecule has 0 aromatic carbocycles. The van der Waals surface area contributed by atoms with Gasteiger partial charge in [-0.1, -0.05) is 19.3 Å². The molecule has 4 rings (SSSR count).